The molecule has 10 heteroatoms. The Hall–Kier alpha value is -2.95. The third-order valence-electron chi connectivity index (χ3n) is 6.58. The molecule has 0 spiro atoms. The third kappa shape index (κ3) is 6.88. The van der Waals surface area contributed by atoms with Crippen LogP contribution in [0.1, 0.15) is 42.3 Å². The highest BCUT2D eigenvalue weighted by Gasteiger charge is 2.24. The van der Waals surface area contributed by atoms with E-state index in [4.69, 9.17) is 9.72 Å². The number of anilines is 3. The van der Waals surface area contributed by atoms with E-state index in [1.165, 1.54) is 25.7 Å². The number of ether oxygens (including phenoxy) is 1. The molecule has 1 fully saturated rings. The van der Waals surface area contributed by atoms with Gasteiger partial charge in [0.25, 0.3) is 0 Å². The second kappa shape index (κ2) is 11.6. The number of nitrogens with zero attached hydrogens (tertiary/aromatic N) is 6. The van der Waals surface area contributed by atoms with Gasteiger partial charge in [-0.2, -0.15) is 0 Å². The van der Waals surface area contributed by atoms with Crippen molar-refractivity contribution >= 4 is 47.1 Å². The molecule has 8 nitrogen and oxygen atoms in total. The first kappa shape index (κ1) is 25.7. The maximum atomic E-state index is 6.16. The first-order valence-corrected chi connectivity index (χ1v) is 17.6. The SMILES string of the molecule is C[Si](C)(C)CCOCN(c1ccc2ncc(NCc3ccccn3)cc2n1)c1nnc(C2CCCC2)s1. The average molecular weight is 534 g/mol. The Morgan fingerprint density at radius 1 is 1.05 bits per heavy atom. The van der Waals surface area contributed by atoms with Crippen molar-refractivity contribution in [1.29, 1.82) is 0 Å². The average Bonchev–Trinajstić information content (AvgIpc) is 3.60. The van der Waals surface area contributed by atoms with E-state index in [-0.39, 0.29) is 0 Å². The maximum Gasteiger partial charge on any atom is 0.215 e. The van der Waals surface area contributed by atoms with Crippen molar-refractivity contribution in [2.45, 2.75) is 63.8 Å². The second-order valence-electron chi connectivity index (χ2n) is 10.8. The van der Waals surface area contributed by atoms with Crippen molar-refractivity contribution in [3.63, 3.8) is 0 Å². The summed E-state index contributed by atoms with van der Waals surface area (Å²) < 4.78 is 6.16. The van der Waals surface area contributed by atoms with E-state index in [1.54, 1.807) is 17.5 Å². The molecule has 4 heterocycles. The molecule has 1 saturated carbocycles. The van der Waals surface area contributed by atoms with E-state index in [9.17, 15) is 0 Å². The Labute approximate surface area is 223 Å². The molecule has 37 heavy (non-hydrogen) atoms. The number of fused-ring (bicyclic) bond motifs is 1. The highest BCUT2D eigenvalue weighted by Crippen LogP contribution is 2.38. The van der Waals surface area contributed by atoms with E-state index in [0.717, 1.165) is 51.0 Å². The van der Waals surface area contributed by atoms with Crippen LogP contribution in [0.2, 0.25) is 25.7 Å². The van der Waals surface area contributed by atoms with Gasteiger partial charge in [-0.1, -0.05) is 49.9 Å². The molecule has 5 rings (SSSR count). The van der Waals surface area contributed by atoms with Crippen molar-refractivity contribution < 1.29 is 4.74 Å². The summed E-state index contributed by atoms with van der Waals surface area (Å²) in [5, 5.41) is 14.5. The monoisotopic (exact) mass is 533 g/mol. The van der Waals surface area contributed by atoms with Crippen LogP contribution in [-0.4, -0.2) is 46.6 Å². The van der Waals surface area contributed by atoms with Crippen LogP contribution < -0.4 is 10.2 Å². The Morgan fingerprint density at radius 2 is 1.92 bits per heavy atom. The first-order valence-electron chi connectivity index (χ1n) is 13.0. The van der Waals surface area contributed by atoms with Gasteiger partial charge in [0.1, 0.15) is 17.6 Å². The molecular formula is C27H35N7OSSi. The molecule has 0 atom stereocenters. The normalized spacial score (nSPS) is 14.4. The molecule has 0 amide bonds. The van der Waals surface area contributed by atoms with Crippen LogP contribution >= 0.6 is 11.3 Å². The molecule has 4 aromatic heterocycles. The fourth-order valence-corrected chi connectivity index (χ4v) is 6.13. The van der Waals surface area contributed by atoms with E-state index >= 15 is 0 Å². The zero-order valence-corrected chi connectivity index (χ0v) is 23.7. The van der Waals surface area contributed by atoms with Crippen LogP contribution in [0.4, 0.5) is 16.6 Å². The van der Waals surface area contributed by atoms with Gasteiger partial charge in [-0.15, -0.1) is 10.2 Å². The molecular weight excluding hydrogens is 498 g/mol. The van der Waals surface area contributed by atoms with Gasteiger partial charge < -0.3 is 10.1 Å². The third-order valence-corrected chi connectivity index (χ3v) is 9.39. The molecule has 0 aliphatic heterocycles. The van der Waals surface area contributed by atoms with Crippen LogP contribution in [0.3, 0.4) is 0 Å². The van der Waals surface area contributed by atoms with Crippen molar-refractivity contribution in [3.8, 4) is 0 Å². The highest BCUT2D eigenvalue weighted by molar-refractivity contribution is 7.15. The van der Waals surface area contributed by atoms with Crippen LogP contribution in [0.5, 0.6) is 0 Å². The summed E-state index contributed by atoms with van der Waals surface area (Å²) in [7, 11) is -1.18. The number of pyridine rings is 3. The van der Waals surface area contributed by atoms with Crippen molar-refractivity contribution in [2.24, 2.45) is 0 Å². The van der Waals surface area contributed by atoms with Gasteiger partial charge in [-0.05, 0) is 49.2 Å². The molecule has 0 aromatic carbocycles. The van der Waals surface area contributed by atoms with Gasteiger partial charge >= 0.3 is 0 Å². The van der Waals surface area contributed by atoms with Crippen LogP contribution in [-0.2, 0) is 11.3 Å². The number of hydrogen-bond acceptors (Lipinski definition) is 9. The minimum Gasteiger partial charge on any atom is -0.378 e. The lowest BCUT2D eigenvalue weighted by Crippen LogP contribution is -2.26. The van der Waals surface area contributed by atoms with E-state index in [1.807, 2.05) is 47.5 Å². The second-order valence-corrected chi connectivity index (χ2v) is 17.4. The topological polar surface area (TPSA) is 89.0 Å². The van der Waals surface area contributed by atoms with E-state index < -0.39 is 8.07 Å². The molecule has 0 bridgehead atoms. The van der Waals surface area contributed by atoms with Crippen LogP contribution in [0.15, 0.2) is 48.8 Å². The molecule has 0 unspecified atom stereocenters. The molecule has 194 valence electrons. The lowest BCUT2D eigenvalue weighted by Gasteiger charge is -2.22. The molecule has 1 N–H and O–H groups in total. The Kier molecular flexibility index (Phi) is 8.07. The Bertz CT molecular complexity index is 1310. The van der Waals surface area contributed by atoms with Crippen LogP contribution in [0, 0.1) is 0 Å². The van der Waals surface area contributed by atoms with Gasteiger partial charge in [0.15, 0.2) is 0 Å². The lowest BCUT2D eigenvalue weighted by atomic mass is 10.1. The van der Waals surface area contributed by atoms with Crippen molar-refractivity contribution in [3.05, 3.63) is 59.5 Å². The smallest absolute Gasteiger partial charge is 0.215 e. The molecule has 1 aliphatic carbocycles. The number of rotatable bonds is 11. The standard InChI is InChI=1S/C27H35N7OSSi/c1-37(2,3)15-14-35-19-34(27-33-32-26(36-27)20-8-4-5-9-20)25-12-11-23-24(31-25)16-22(18-30-23)29-17-21-10-6-7-13-28-21/h6-7,10-13,16,18,20,29H,4-5,8-9,14-15,17,19H2,1-3H3. The summed E-state index contributed by atoms with van der Waals surface area (Å²) in [6.07, 6.45) is 8.60. The number of hydrogen-bond donors (Lipinski definition) is 1. The quantitative estimate of drug-likeness (QED) is 0.131. The fraction of sp³-hybridized carbons (Fsp3) is 0.444. The molecule has 4 aromatic rings. The van der Waals surface area contributed by atoms with Crippen molar-refractivity contribution in [2.75, 3.05) is 23.6 Å². The summed E-state index contributed by atoms with van der Waals surface area (Å²) in [5.74, 6) is 1.32. The summed E-state index contributed by atoms with van der Waals surface area (Å²) in [6.45, 7) is 8.85. The predicted octanol–water partition coefficient (Wildman–Crippen LogP) is 6.60. The zero-order valence-electron chi connectivity index (χ0n) is 21.9. The number of aromatic nitrogens is 5. The van der Waals surface area contributed by atoms with Gasteiger partial charge in [0.05, 0.1) is 35.2 Å². The Balaban J connectivity index is 1.38. The molecule has 0 saturated heterocycles. The predicted molar refractivity (Wildman–Crippen MR) is 153 cm³/mol. The zero-order chi connectivity index (χ0) is 25.7. The molecule has 0 radical (unpaired) electrons. The summed E-state index contributed by atoms with van der Waals surface area (Å²) in [5.41, 5.74) is 3.53. The van der Waals surface area contributed by atoms with Gasteiger partial charge in [0.2, 0.25) is 5.13 Å². The largest absolute Gasteiger partial charge is 0.378 e. The van der Waals surface area contributed by atoms with E-state index in [0.29, 0.717) is 19.2 Å². The van der Waals surface area contributed by atoms with Crippen molar-refractivity contribution in [1.82, 2.24) is 25.1 Å². The summed E-state index contributed by atoms with van der Waals surface area (Å²) >= 11 is 1.67. The first-order chi connectivity index (χ1) is 17.9. The maximum absolute atomic E-state index is 6.16. The highest BCUT2D eigenvalue weighted by atomic mass is 32.1. The van der Waals surface area contributed by atoms with Crippen LogP contribution in [0.25, 0.3) is 11.0 Å². The van der Waals surface area contributed by atoms with Gasteiger partial charge in [0, 0.05) is 26.8 Å². The lowest BCUT2D eigenvalue weighted by molar-refractivity contribution is 0.153. The molecule has 1 aliphatic rings. The summed E-state index contributed by atoms with van der Waals surface area (Å²) in [6, 6.07) is 13.1. The fourth-order valence-electron chi connectivity index (χ4n) is 4.36. The van der Waals surface area contributed by atoms with E-state index in [2.05, 4.69) is 45.1 Å². The number of nitrogens with one attached hydrogen (secondary N) is 1. The van der Waals surface area contributed by atoms with Gasteiger partial charge in [-0.3, -0.25) is 14.9 Å². The minimum absolute atomic E-state index is 0.396. The van der Waals surface area contributed by atoms with Gasteiger partial charge in [-0.25, -0.2) is 4.98 Å². The Morgan fingerprint density at radius 3 is 2.70 bits per heavy atom. The minimum atomic E-state index is -1.18. The summed E-state index contributed by atoms with van der Waals surface area (Å²) in [4.78, 5) is 16.0.